The molecule has 1 aliphatic rings. The lowest BCUT2D eigenvalue weighted by Gasteiger charge is -2.19. The number of nitrogens with zero attached hydrogens (tertiary/aromatic N) is 1. The Bertz CT molecular complexity index is 998. The number of esters is 1. The second-order valence-corrected chi connectivity index (χ2v) is 7.29. The predicted molar refractivity (Wildman–Crippen MR) is 117 cm³/mol. The molecule has 29 heavy (non-hydrogen) atoms. The zero-order valence-electron chi connectivity index (χ0n) is 16.7. The van der Waals surface area contributed by atoms with Crippen molar-refractivity contribution in [1.29, 1.82) is 0 Å². The number of ether oxygens (including phenoxy) is 1. The molecule has 148 valence electrons. The molecule has 0 bridgehead atoms. The van der Waals surface area contributed by atoms with Crippen LogP contribution in [0.5, 0.6) is 5.75 Å². The van der Waals surface area contributed by atoms with Crippen LogP contribution in [0.15, 0.2) is 66.7 Å². The third kappa shape index (κ3) is 4.35. The van der Waals surface area contributed by atoms with Crippen LogP contribution >= 0.6 is 0 Å². The van der Waals surface area contributed by atoms with E-state index in [1.807, 2.05) is 47.6 Å². The minimum atomic E-state index is -0.347. The quantitative estimate of drug-likeness (QED) is 0.418. The summed E-state index contributed by atoms with van der Waals surface area (Å²) >= 11 is 0. The summed E-state index contributed by atoms with van der Waals surface area (Å²) < 4.78 is 5.52. The first-order valence-corrected chi connectivity index (χ1v) is 9.97. The molecule has 0 aromatic heterocycles. The number of hydrogen-bond acceptors (Lipinski definition) is 5. The van der Waals surface area contributed by atoms with E-state index < -0.39 is 0 Å². The Morgan fingerprint density at radius 2 is 1.66 bits per heavy atom. The van der Waals surface area contributed by atoms with Gasteiger partial charge in [-0.15, -0.1) is 0 Å². The highest BCUT2D eigenvalue weighted by atomic mass is 16.5. The number of carbonyl (C=O) groups excluding carboxylic acids is 1. The van der Waals surface area contributed by atoms with Crippen LogP contribution in [0.3, 0.4) is 0 Å². The lowest BCUT2D eigenvalue weighted by atomic mass is 10.1. The Morgan fingerprint density at radius 3 is 2.38 bits per heavy atom. The van der Waals surface area contributed by atoms with Crippen molar-refractivity contribution in [3.63, 3.8) is 0 Å². The molecular weight excluding hydrogens is 362 g/mol. The van der Waals surface area contributed by atoms with Crippen LogP contribution in [0, 0.1) is 6.92 Å². The van der Waals surface area contributed by atoms with E-state index in [0.29, 0.717) is 11.3 Å². The fourth-order valence-electron chi connectivity index (χ4n) is 3.26. The van der Waals surface area contributed by atoms with E-state index in [0.717, 1.165) is 36.3 Å². The van der Waals surface area contributed by atoms with E-state index in [1.54, 1.807) is 12.1 Å². The maximum atomic E-state index is 12.4. The number of unbranched alkanes of at least 4 members (excludes halogenated alkanes) is 1. The highest BCUT2D eigenvalue weighted by Gasteiger charge is 2.18. The van der Waals surface area contributed by atoms with Crippen molar-refractivity contribution >= 4 is 23.0 Å². The van der Waals surface area contributed by atoms with Gasteiger partial charge >= 0.3 is 5.97 Å². The van der Waals surface area contributed by atoms with Crippen molar-refractivity contribution < 1.29 is 9.53 Å². The Labute approximate surface area is 171 Å². The van der Waals surface area contributed by atoms with Crippen LogP contribution in [0.4, 0.5) is 17.1 Å². The molecule has 0 radical (unpaired) electrons. The SMILES string of the molecule is CCCCc1ccc(C(=O)Oc2ccc(N3Nc4ccc(C)cc4N3)cc2)cc1. The average Bonchev–Trinajstić information content (AvgIpc) is 3.16. The van der Waals surface area contributed by atoms with Crippen molar-refractivity contribution in [3.05, 3.63) is 83.4 Å². The largest absolute Gasteiger partial charge is 0.423 e. The van der Waals surface area contributed by atoms with Gasteiger partial charge in [0.25, 0.3) is 0 Å². The molecule has 3 aromatic carbocycles. The lowest BCUT2D eigenvalue weighted by molar-refractivity contribution is 0.0735. The highest BCUT2D eigenvalue weighted by molar-refractivity contribution is 5.91. The van der Waals surface area contributed by atoms with Gasteiger partial charge in [0.15, 0.2) is 0 Å². The molecule has 0 unspecified atom stereocenters. The van der Waals surface area contributed by atoms with Gasteiger partial charge < -0.3 is 4.74 Å². The first-order chi connectivity index (χ1) is 14.1. The molecule has 0 saturated heterocycles. The molecule has 0 amide bonds. The number of hydrazine groups is 2. The molecule has 1 aliphatic heterocycles. The average molecular weight is 387 g/mol. The molecular formula is C24H25N3O2. The number of benzene rings is 3. The molecule has 5 heteroatoms. The zero-order chi connectivity index (χ0) is 20.2. The van der Waals surface area contributed by atoms with Crippen LogP contribution in [0.2, 0.25) is 0 Å². The molecule has 0 fully saturated rings. The summed E-state index contributed by atoms with van der Waals surface area (Å²) in [6.07, 6.45) is 3.35. The van der Waals surface area contributed by atoms with Gasteiger partial charge in [0.2, 0.25) is 0 Å². The zero-order valence-corrected chi connectivity index (χ0v) is 16.7. The van der Waals surface area contributed by atoms with Crippen molar-refractivity contribution in [2.75, 3.05) is 16.0 Å². The van der Waals surface area contributed by atoms with Crippen LogP contribution < -0.4 is 20.7 Å². The number of anilines is 3. The molecule has 4 rings (SSSR count). The third-order valence-corrected chi connectivity index (χ3v) is 4.95. The predicted octanol–water partition coefficient (Wildman–Crippen LogP) is 5.73. The third-order valence-electron chi connectivity index (χ3n) is 4.95. The Kier molecular flexibility index (Phi) is 5.38. The van der Waals surface area contributed by atoms with Gasteiger partial charge in [-0.3, -0.25) is 10.9 Å². The summed E-state index contributed by atoms with van der Waals surface area (Å²) in [5.41, 5.74) is 12.6. The Hall–Kier alpha value is -3.47. The summed E-state index contributed by atoms with van der Waals surface area (Å²) in [5, 5.41) is 1.84. The van der Waals surface area contributed by atoms with Crippen LogP contribution in [0.1, 0.15) is 41.3 Å². The minimum Gasteiger partial charge on any atom is -0.423 e. The van der Waals surface area contributed by atoms with E-state index in [-0.39, 0.29) is 5.97 Å². The van der Waals surface area contributed by atoms with Gasteiger partial charge in [-0.25, -0.2) is 4.79 Å². The van der Waals surface area contributed by atoms with Gasteiger partial charge in [-0.05, 0) is 79.4 Å². The summed E-state index contributed by atoms with van der Waals surface area (Å²) in [7, 11) is 0. The van der Waals surface area contributed by atoms with Gasteiger partial charge in [-0.1, -0.05) is 31.5 Å². The first kappa shape index (κ1) is 18.9. The number of fused-ring (bicyclic) bond motifs is 1. The second-order valence-electron chi connectivity index (χ2n) is 7.29. The van der Waals surface area contributed by atoms with Crippen LogP contribution in [0.25, 0.3) is 0 Å². The van der Waals surface area contributed by atoms with E-state index >= 15 is 0 Å². The summed E-state index contributed by atoms with van der Waals surface area (Å²) in [5.74, 6) is 0.168. The van der Waals surface area contributed by atoms with Crippen molar-refractivity contribution in [2.45, 2.75) is 33.1 Å². The molecule has 0 aliphatic carbocycles. The van der Waals surface area contributed by atoms with Crippen LogP contribution in [-0.2, 0) is 6.42 Å². The number of carbonyl (C=O) groups is 1. The second kappa shape index (κ2) is 8.27. The molecule has 0 atom stereocenters. The van der Waals surface area contributed by atoms with Crippen molar-refractivity contribution in [2.24, 2.45) is 0 Å². The van der Waals surface area contributed by atoms with Crippen molar-refractivity contribution in [3.8, 4) is 5.75 Å². The molecule has 1 heterocycles. The fraction of sp³-hybridized carbons (Fsp3) is 0.208. The van der Waals surface area contributed by atoms with Crippen LogP contribution in [-0.4, -0.2) is 5.97 Å². The number of nitrogens with one attached hydrogen (secondary N) is 2. The maximum Gasteiger partial charge on any atom is 0.343 e. The van der Waals surface area contributed by atoms with Gasteiger partial charge in [0.05, 0.1) is 22.6 Å². The van der Waals surface area contributed by atoms with E-state index in [2.05, 4.69) is 36.8 Å². The molecule has 0 saturated carbocycles. The number of hydrogen-bond donors (Lipinski definition) is 2. The molecule has 3 aromatic rings. The first-order valence-electron chi connectivity index (χ1n) is 9.97. The summed E-state index contributed by atoms with van der Waals surface area (Å²) in [6, 6.07) is 21.2. The fourth-order valence-corrected chi connectivity index (χ4v) is 3.26. The van der Waals surface area contributed by atoms with E-state index in [9.17, 15) is 4.79 Å². The molecule has 5 nitrogen and oxygen atoms in total. The Morgan fingerprint density at radius 1 is 0.931 bits per heavy atom. The topological polar surface area (TPSA) is 53.6 Å². The highest BCUT2D eigenvalue weighted by Crippen LogP contribution is 2.32. The summed E-state index contributed by atoms with van der Waals surface area (Å²) in [6.45, 7) is 4.24. The minimum absolute atomic E-state index is 0.347. The van der Waals surface area contributed by atoms with Gasteiger partial charge in [-0.2, -0.15) is 5.12 Å². The van der Waals surface area contributed by atoms with Crippen molar-refractivity contribution in [1.82, 2.24) is 0 Å². The lowest BCUT2D eigenvalue weighted by Crippen LogP contribution is -2.29. The van der Waals surface area contributed by atoms with E-state index in [1.165, 1.54) is 11.1 Å². The van der Waals surface area contributed by atoms with E-state index in [4.69, 9.17) is 4.74 Å². The Balaban J connectivity index is 1.38. The molecule has 2 N–H and O–H groups in total. The monoisotopic (exact) mass is 387 g/mol. The van der Waals surface area contributed by atoms with Gasteiger partial charge in [0, 0.05) is 0 Å². The summed E-state index contributed by atoms with van der Waals surface area (Å²) in [4.78, 5) is 12.4. The standard InChI is InChI=1S/C24H25N3O2/c1-3-4-5-18-7-9-19(10-8-18)24(28)29-21-13-11-20(12-14-21)27-25-22-15-6-17(2)16-23(22)26-27/h6-16,25-26H,3-5H2,1-2H3. The number of rotatable bonds is 6. The molecule has 0 spiro atoms. The normalized spacial score (nSPS) is 12.1. The maximum absolute atomic E-state index is 12.4. The smallest absolute Gasteiger partial charge is 0.343 e. The van der Waals surface area contributed by atoms with Gasteiger partial charge in [0.1, 0.15) is 5.75 Å². The number of aryl methyl sites for hydroxylation is 2.